The molecule has 2 atom stereocenters. The van der Waals surface area contributed by atoms with E-state index >= 15 is 0 Å². The first kappa shape index (κ1) is 20.9. The fourth-order valence-corrected chi connectivity index (χ4v) is 3.73. The zero-order chi connectivity index (χ0) is 18.8. The maximum atomic E-state index is 10.9. The first-order chi connectivity index (χ1) is 12.7. The van der Waals surface area contributed by atoms with Gasteiger partial charge in [0.1, 0.15) is 24.6 Å². The van der Waals surface area contributed by atoms with Crippen molar-refractivity contribution in [1.82, 2.24) is 9.80 Å². The molecule has 0 saturated carbocycles. The van der Waals surface area contributed by atoms with Gasteiger partial charge in [0.05, 0.1) is 6.61 Å². The minimum Gasteiger partial charge on any atom is -0.492 e. The van der Waals surface area contributed by atoms with Crippen molar-refractivity contribution in [2.75, 3.05) is 45.9 Å². The second-order valence-corrected chi connectivity index (χ2v) is 7.17. The van der Waals surface area contributed by atoms with Crippen LogP contribution in [-0.4, -0.2) is 79.5 Å². The molecule has 6 heteroatoms. The predicted octanol–water partition coefficient (Wildman–Crippen LogP) is 1.80. The molecule has 2 aliphatic heterocycles. The molecule has 148 valence electrons. The van der Waals surface area contributed by atoms with E-state index in [9.17, 15) is 4.79 Å². The van der Waals surface area contributed by atoms with Crippen molar-refractivity contribution >= 4 is 6.41 Å². The van der Waals surface area contributed by atoms with Gasteiger partial charge in [-0.1, -0.05) is 19.6 Å². The van der Waals surface area contributed by atoms with Gasteiger partial charge >= 0.3 is 0 Å². The molecule has 26 heavy (non-hydrogen) atoms. The summed E-state index contributed by atoms with van der Waals surface area (Å²) in [7, 11) is 0. The van der Waals surface area contributed by atoms with Gasteiger partial charge < -0.3 is 24.4 Å². The molecular formula is C20H34N2O4. The Morgan fingerprint density at radius 3 is 2.73 bits per heavy atom. The molecule has 2 saturated heterocycles. The fourth-order valence-electron chi connectivity index (χ4n) is 3.73. The molecule has 6 nitrogen and oxygen atoms in total. The van der Waals surface area contributed by atoms with Crippen LogP contribution in [0.15, 0.2) is 24.5 Å². The van der Waals surface area contributed by atoms with Crippen LogP contribution in [0, 0.1) is 5.92 Å². The minimum atomic E-state index is 0.0309. The maximum absolute atomic E-state index is 10.9. The average Bonchev–Trinajstić information content (AvgIpc) is 2.67. The zero-order valence-corrected chi connectivity index (χ0v) is 16.0. The number of hydrogen-bond acceptors (Lipinski definition) is 5. The summed E-state index contributed by atoms with van der Waals surface area (Å²) in [5.41, 5.74) is 0. The third-order valence-electron chi connectivity index (χ3n) is 5.29. The first-order valence-corrected chi connectivity index (χ1v) is 9.83. The molecule has 0 aromatic rings. The number of likely N-dealkylation sites (tertiary alicyclic amines) is 1. The lowest BCUT2D eigenvalue weighted by atomic mass is 9.93. The molecule has 0 aromatic carbocycles. The van der Waals surface area contributed by atoms with E-state index in [4.69, 9.17) is 14.6 Å². The van der Waals surface area contributed by atoms with Crippen LogP contribution in [0.2, 0.25) is 0 Å². The summed E-state index contributed by atoms with van der Waals surface area (Å²) in [6, 6.07) is 0. The summed E-state index contributed by atoms with van der Waals surface area (Å²) in [6.45, 7) is 10.7. The largest absolute Gasteiger partial charge is 0.492 e. The number of carbonyl (C=O) groups excluding carboxylic acids is 1. The Bertz CT molecular complexity index is 461. The smallest absolute Gasteiger partial charge is 0.209 e. The second-order valence-electron chi connectivity index (χ2n) is 7.17. The number of nitrogens with zero attached hydrogens (tertiary/aromatic N) is 2. The van der Waals surface area contributed by atoms with E-state index in [2.05, 4.69) is 18.4 Å². The van der Waals surface area contributed by atoms with Gasteiger partial charge in [0.25, 0.3) is 0 Å². The lowest BCUT2D eigenvalue weighted by Crippen LogP contribution is -2.45. The van der Waals surface area contributed by atoms with E-state index in [0.717, 1.165) is 64.0 Å². The molecule has 1 amide bonds. The number of aliphatic hydroxyl groups excluding tert-OH is 1. The number of carbonyl (C=O) groups is 1. The van der Waals surface area contributed by atoms with E-state index in [1.54, 1.807) is 11.0 Å². The third kappa shape index (κ3) is 6.41. The minimum absolute atomic E-state index is 0.0309. The van der Waals surface area contributed by atoms with Gasteiger partial charge in [0.15, 0.2) is 0 Å². The Kier molecular flexibility index (Phi) is 9.15. The summed E-state index contributed by atoms with van der Waals surface area (Å²) in [4.78, 5) is 15.1. The molecule has 2 unspecified atom stereocenters. The quantitative estimate of drug-likeness (QED) is 0.598. The van der Waals surface area contributed by atoms with Crippen LogP contribution in [0.25, 0.3) is 0 Å². The Balaban J connectivity index is 1.69. The number of aliphatic hydroxyl groups is 1. The Labute approximate surface area is 157 Å². The van der Waals surface area contributed by atoms with Crippen molar-refractivity contribution in [1.29, 1.82) is 0 Å². The molecule has 2 rings (SSSR count). The fraction of sp³-hybridized carbons (Fsp3) is 0.750. The summed E-state index contributed by atoms with van der Waals surface area (Å²) in [6.07, 6.45) is 8.86. The van der Waals surface area contributed by atoms with Crippen LogP contribution < -0.4 is 0 Å². The summed E-state index contributed by atoms with van der Waals surface area (Å²) >= 11 is 0. The van der Waals surface area contributed by atoms with E-state index in [0.29, 0.717) is 19.1 Å². The van der Waals surface area contributed by atoms with E-state index in [1.807, 2.05) is 6.08 Å². The molecule has 2 aliphatic rings. The van der Waals surface area contributed by atoms with Gasteiger partial charge in [-0.3, -0.25) is 4.79 Å². The Morgan fingerprint density at radius 2 is 2.12 bits per heavy atom. The highest BCUT2D eigenvalue weighted by Crippen LogP contribution is 2.24. The predicted molar refractivity (Wildman–Crippen MR) is 102 cm³/mol. The number of ether oxygens (including phenoxy) is 2. The van der Waals surface area contributed by atoms with Crippen LogP contribution in [0.4, 0.5) is 0 Å². The molecule has 0 bridgehead atoms. The second kappa shape index (κ2) is 11.4. The van der Waals surface area contributed by atoms with Gasteiger partial charge in [0, 0.05) is 19.6 Å². The van der Waals surface area contributed by atoms with Crippen molar-refractivity contribution in [2.24, 2.45) is 5.92 Å². The highest BCUT2D eigenvalue weighted by atomic mass is 16.6. The van der Waals surface area contributed by atoms with Crippen molar-refractivity contribution in [3.05, 3.63) is 24.5 Å². The van der Waals surface area contributed by atoms with Gasteiger partial charge in [-0.05, 0) is 50.8 Å². The van der Waals surface area contributed by atoms with E-state index < -0.39 is 0 Å². The summed E-state index contributed by atoms with van der Waals surface area (Å²) in [5, 5.41) is 8.94. The van der Waals surface area contributed by atoms with E-state index in [-0.39, 0.29) is 18.8 Å². The first-order valence-electron chi connectivity index (χ1n) is 9.83. The molecule has 1 N–H and O–H groups in total. The lowest BCUT2D eigenvalue weighted by molar-refractivity contribution is -0.119. The monoisotopic (exact) mass is 366 g/mol. The number of allylic oxidation sites excluding steroid dienone is 2. The molecular weight excluding hydrogens is 332 g/mol. The SMILES string of the molecule is C=CC=C1OCC(CN2CCC(CCN(C=O)CCO)CC2)OC1CC. The molecule has 0 radical (unpaired) electrons. The van der Waals surface area contributed by atoms with E-state index in [1.165, 1.54) is 0 Å². The average molecular weight is 367 g/mol. The summed E-state index contributed by atoms with van der Waals surface area (Å²) < 4.78 is 12.1. The molecule has 0 spiro atoms. The van der Waals surface area contributed by atoms with Gasteiger partial charge in [-0.15, -0.1) is 0 Å². The molecule has 2 heterocycles. The normalized spacial score (nSPS) is 26.5. The maximum Gasteiger partial charge on any atom is 0.209 e. The van der Waals surface area contributed by atoms with Crippen molar-refractivity contribution < 1.29 is 19.4 Å². The number of hydrogen-bond donors (Lipinski definition) is 1. The number of piperidine rings is 1. The van der Waals surface area contributed by atoms with Crippen LogP contribution in [-0.2, 0) is 14.3 Å². The van der Waals surface area contributed by atoms with Crippen LogP contribution >= 0.6 is 0 Å². The van der Waals surface area contributed by atoms with Crippen LogP contribution in [0.5, 0.6) is 0 Å². The Morgan fingerprint density at radius 1 is 1.35 bits per heavy atom. The standard InChI is InChI=1S/C20H34N2O4/c1-3-5-20-19(4-2)26-18(15-25-20)14-21-9-6-17(7-10-21)8-11-22(16-24)12-13-23/h3,5,16-19,23H,1,4,6-15H2,2H3. The van der Waals surface area contributed by atoms with Crippen LogP contribution in [0.1, 0.15) is 32.6 Å². The van der Waals surface area contributed by atoms with Crippen molar-refractivity contribution in [3.63, 3.8) is 0 Å². The van der Waals surface area contributed by atoms with Gasteiger partial charge in [-0.2, -0.15) is 0 Å². The van der Waals surface area contributed by atoms with Crippen molar-refractivity contribution in [2.45, 2.75) is 44.8 Å². The number of rotatable bonds is 10. The molecule has 0 aliphatic carbocycles. The Hall–Kier alpha value is -1.37. The topological polar surface area (TPSA) is 62.2 Å². The number of amides is 1. The summed E-state index contributed by atoms with van der Waals surface area (Å²) in [5.74, 6) is 1.54. The van der Waals surface area contributed by atoms with Crippen LogP contribution in [0.3, 0.4) is 0 Å². The van der Waals surface area contributed by atoms with Gasteiger partial charge in [0.2, 0.25) is 6.41 Å². The zero-order valence-electron chi connectivity index (χ0n) is 16.0. The van der Waals surface area contributed by atoms with Gasteiger partial charge in [-0.25, -0.2) is 0 Å². The van der Waals surface area contributed by atoms with Crippen molar-refractivity contribution in [3.8, 4) is 0 Å². The molecule has 2 fully saturated rings. The third-order valence-corrected chi connectivity index (χ3v) is 5.29. The molecule has 0 aromatic heterocycles. The highest BCUT2D eigenvalue weighted by molar-refractivity contribution is 5.46. The highest BCUT2D eigenvalue weighted by Gasteiger charge is 2.29. The lowest BCUT2D eigenvalue weighted by Gasteiger charge is -2.38.